The predicted molar refractivity (Wildman–Crippen MR) is 93.3 cm³/mol. The number of methoxy groups -OCH3 is 1. The monoisotopic (exact) mass is 326 g/mol. The second-order valence-corrected chi connectivity index (χ2v) is 5.83. The molecule has 0 spiro atoms. The summed E-state index contributed by atoms with van der Waals surface area (Å²) in [5.74, 6) is 0.688. The van der Waals surface area contributed by atoms with E-state index in [0.717, 1.165) is 12.8 Å². The van der Waals surface area contributed by atoms with Crippen LogP contribution >= 0.6 is 0 Å². The summed E-state index contributed by atoms with van der Waals surface area (Å²) in [6.45, 7) is 0.235. The molecule has 0 unspecified atom stereocenters. The maximum absolute atomic E-state index is 12.8. The molecule has 0 saturated carbocycles. The Morgan fingerprint density at radius 1 is 1.29 bits per heavy atom. The summed E-state index contributed by atoms with van der Waals surface area (Å²) >= 11 is 0. The highest BCUT2D eigenvalue weighted by Gasteiger charge is 2.30. The molecule has 0 fully saturated rings. The number of carbonyl (C=O) groups is 1. The summed E-state index contributed by atoms with van der Waals surface area (Å²) in [6.07, 6.45) is 1.83. The molecule has 2 amide bonds. The first-order valence-corrected chi connectivity index (χ1v) is 8.13. The van der Waals surface area contributed by atoms with Crippen LogP contribution in [0, 0.1) is 0 Å². The molecule has 3 rings (SSSR count). The number of nitrogens with one attached hydrogen (secondary N) is 1. The molecule has 24 heavy (non-hydrogen) atoms. The molecule has 0 saturated heterocycles. The van der Waals surface area contributed by atoms with E-state index in [1.165, 1.54) is 11.1 Å². The molecular formula is C19H22N2O3. The van der Waals surface area contributed by atoms with E-state index in [-0.39, 0.29) is 18.7 Å². The van der Waals surface area contributed by atoms with E-state index < -0.39 is 0 Å². The van der Waals surface area contributed by atoms with Crippen molar-refractivity contribution in [1.82, 2.24) is 4.90 Å². The van der Waals surface area contributed by atoms with Crippen molar-refractivity contribution in [3.05, 3.63) is 59.7 Å². The molecule has 2 aromatic carbocycles. The number of anilines is 1. The van der Waals surface area contributed by atoms with Gasteiger partial charge < -0.3 is 20.1 Å². The molecule has 1 aliphatic rings. The van der Waals surface area contributed by atoms with Crippen molar-refractivity contribution in [3.8, 4) is 5.75 Å². The van der Waals surface area contributed by atoms with E-state index in [1.54, 1.807) is 18.1 Å². The number of benzene rings is 2. The van der Waals surface area contributed by atoms with Crippen LogP contribution in [0.3, 0.4) is 0 Å². The van der Waals surface area contributed by atoms with Crippen LogP contribution in [0.4, 0.5) is 10.5 Å². The van der Waals surface area contributed by atoms with Crippen LogP contribution in [0.2, 0.25) is 0 Å². The number of hydrogen-bond acceptors (Lipinski definition) is 3. The van der Waals surface area contributed by atoms with Gasteiger partial charge in [-0.1, -0.05) is 30.3 Å². The molecule has 1 atom stereocenters. The van der Waals surface area contributed by atoms with Gasteiger partial charge in [0.1, 0.15) is 5.75 Å². The van der Waals surface area contributed by atoms with Gasteiger partial charge in [-0.3, -0.25) is 0 Å². The number of aliphatic hydroxyl groups excluding tert-OH is 1. The number of amides is 2. The molecule has 1 aliphatic carbocycles. The number of aliphatic hydroxyl groups is 1. The standard InChI is InChI=1S/C19H22N2O3/c1-24-16-7-4-6-15(13-16)20-19(23)21(11-12-22)18-10-9-14-5-2-3-8-17(14)18/h2-8,13,18,22H,9-12H2,1H3,(H,20,23)/t18-/m0/s1. The summed E-state index contributed by atoms with van der Waals surface area (Å²) in [6, 6.07) is 15.2. The number of fused-ring (bicyclic) bond motifs is 1. The highest BCUT2D eigenvalue weighted by molar-refractivity contribution is 5.90. The number of aryl methyl sites for hydroxylation is 1. The average Bonchev–Trinajstić information content (AvgIpc) is 3.03. The molecule has 5 nitrogen and oxygen atoms in total. The molecule has 0 heterocycles. The topological polar surface area (TPSA) is 61.8 Å². The first kappa shape index (κ1) is 16.3. The van der Waals surface area contributed by atoms with Crippen molar-refractivity contribution in [3.63, 3.8) is 0 Å². The maximum atomic E-state index is 12.8. The highest BCUT2D eigenvalue weighted by Crippen LogP contribution is 2.35. The van der Waals surface area contributed by atoms with E-state index in [2.05, 4.69) is 17.4 Å². The van der Waals surface area contributed by atoms with Crippen LogP contribution in [0.1, 0.15) is 23.6 Å². The van der Waals surface area contributed by atoms with Gasteiger partial charge in [-0.25, -0.2) is 4.79 Å². The second kappa shape index (κ2) is 7.36. The normalized spacial score (nSPS) is 15.7. The summed E-state index contributed by atoms with van der Waals surface area (Å²) < 4.78 is 5.19. The molecular weight excluding hydrogens is 304 g/mol. The molecule has 126 valence electrons. The summed E-state index contributed by atoms with van der Waals surface area (Å²) in [5, 5.41) is 12.3. The van der Waals surface area contributed by atoms with Gasteiger partial charge in [0, 0.05) is 18.3 Å². The van der Waals surface area contributed by atoms with Crippen LogP contribution in [0.15, 0.2) is 48.5 Å². The van der Waals surface area contributed by atoms with E-state index in [1.807, 2.05) is 30.3 Å². The molecule has 2 aromatic rings. The van der Waals surface area contributed by atoms with Crippen LogP contribution in [0.5, 0.6) is 5.75 Å². The fourth-order valence-corrected chi connectivity index (χ4v) is 3.26. The van der Waals surface area contributed by atoms with Gasteiger partial charge in [0.05, 0.1) is 19.8 Å². The van der Waals surface area contributed by atoms with E-state index in [9.17, 15) is 9.90 Å². The second-order valence-electron chi connectivity index (χ2n) is 5.83. The van der Waals surface area contributed by atoms with Gasteiger partial charge >= 0.3 is 6.03 Å². The quantitative estimate of drug-likeness (QED) is 0.887. The Kier molecular flexibility index (Phi) is 5.01. The molecule has 0 radical (unpaired) electrons. The first-order chi connectivity index (χ1) is 11.7. The lowest BCUT2D eigenvalue weighted by molar-refractivity contribution is 0.162. The van der Waals surface area contributed by atoms with Crippen molar-refractivity contribution >= 4 is 11.7 Å². The lowest BCUT2D eigenvalue weighted by Gasteiger charge is -2.29. The SMILES string of the molecule is COc1cccc(NC(=O)N(CCO)[C@H]2CCc3ccccc32)c1. The third-order valence-electron chi connectivity index (χ3n) is 4.40. The van der Waals surface area contributed by atoms with Crippen molar-refractivity contribution in [1.29, 1.82) is 0 Å². The van der Waals surface area contributed by atoms with Gasteiger partial charge in [0.2, 0.25) is 0 Å². The fraction of sp³-hybridized carbons (Fsp3) is 0.316. The van der Waals surface area contributed by atoms with Crippen LogP contribution in [-0.4, -0.2) is 36.3 Å². The highest BCUT2D eigenvalue weighted by atomic mass is 16.5. The van der Waals surface area contributed by atoms with Gasteiger partial charge in [0.15, 0.2) is 0 Å². The van der Waals surface area contributed by atoms with Crippen LogP contribution in [0.25, 0.3) is 0 Å². The Labute approximate surface area is 141 Å². The molecule has 5 heteroatoms. The van der Waals surface area contributed by atoms with E-state index in [0.29, 0.717) is 18.0 Å². The van der Waals surface area contributed by atoms with Crippen molar-refractivity contribution in [2.75, 3.05) is 25.6 Å². The largest absolute Gasteiger partial charge is 0.497 e. The van der Waals surface area contributed by atoms with Gasteiger partial charge in [-0.2, -0.15) is 0 Å². The zero-order chi connectivity index (χ0) is 16.9. The third-order valence-corrected chi connectivity index (χ3v) is 4.40. The van der Waals surface area contributed by atoms with E-state index in [4.69, 9.17) is 4.74 Å². The lowest BCUT2D eigenvalue weighted by atomic mass is 10.1. The minimum atomic E-state index is -0.209. The van der Waals surface area contributed by atoms with E-state index >= 15 is 0 Å². The molecule has 0 aromatic heterocycles. The summed E-state index contributed by atoms with van der Waals surface area (Å²) in [4.78, 5) is 14.5. The zero-order valence-corrected chi connectivity index (χ0v) is 13.7. The van der Waals surface area contributed by atoms with Crippen LogP contribution < -0.4 is 10.1 Å². The van der Waals surface area contributed by atoms with Gasteiger partial charge in [0.25, 0.3) is 0 Å². The molecule has 0 aliphatic heterocycles. The number of carbonyl (C=O) groups excluding carboxylic acids is 1. The minimum absolute atomic E-state index is 0.000965. The maximum Gasteiger partial charge on any atom is 0.322 e. The van der Waals surface area contributed by atoms with Gasteiger partial charge in [-0.05, 0) is 36.1 Å². The Hall–Kier alpha value is -2.53. The van der Waals surface area contributed by atoms with Crippen molar-refractivity contribution < 1.29 is 14.6 Å². The number of urea groups is 1. The molecule has 2 N–H and O–H groups in total. The summed E-state index contributed by atoms with van der Waals surface area (Å²) in [5.41, 5.74) is 3.12. The van der Waals surface area contributed by atoms with Gasteiger partial charge in [-0.15, -0.1) is 0 Å². The number of hydrogen-bond donors (Lipinski definition) is 2. The smallest absolute Gasteiger partial charge is 0.322 e. The number of nitrogens with zero attached hydrogens (tertiary/aromatic N) is 1. The number of rotatable bonds is 5. The van der Waals surface area contributed by atoms with Crippen molar-refractivity contribution in [2.24, 2.45) is 0 Å². The molecule has 0 bridgehead atoms. The summed E-state index contributed by atoms with van der Waals surface area (Å²) in [7, 11) is 1.59. The number of ether oxygens (including phenoxy) is 1. The van der Waals surface area contributed by atoms with Crippen LogP contribution in [-0.2, 0) is 6.42 Å². The zero-order valence-electron chi connectivity index (χ0n) is 13.7. The average molecular weight is 326 g/mol. The lowest BCUT2D eigenvalue weighted by Crippen LogP contribution is -2.39. The minimum Gasteiger partial charge on any atom is -0.497 e. The Balaban J connectivity index is 1.79. The Bertz CT molecular complexity index is 717. The fourth-order valence-electron chi connectivity index (χ4n) is 3.26. The predicted octanol–water partition coefficient (Wildman–Crippen LogP) is 3.21. The Morgan fingerprint density at radius 3 is 2.92 bits per heavy atom. The third kappa shape index (κ3) is 3.36. The first-order valence-electron chi connectivity index (χ1n) is 8.13. The van der Waals surface area contributed by atoms with Crippen molar-refractivity contribution in [2.45, 2.75) is 18.9 Å². The Morgan fingerprint density at radius 2 is 2.12 bits per heavy atom.